The van der Waals surface area contributed by atoms with Crippen LogP contribution < -0.4 is 9.47 Å². The SMILES string of the molecule is COc1cccc(OC)c1C(=O)N1C[C@]2(OC[C@H]3OC(C)(C)OC3C2=O)OC1=O. The third-order valence-electron chi connectivity index (χ3n) is 5.02. The molecular formula is C19H21NO9. The van der Waals surface area contributed by atoms with E-state index in [0.717, 1.165) is 4.90 Å². The molecule has 0 aliphatic carbocycles. The number of ether oxygens (including phenoxy) is 6. The summed E-state index contributed by atoms with van der Waals surface area (Å²) in [7, 11) is 2.78. The van der Waals surface area contributed by atoms with Crippen molar-refractivity contribution < 1.29 is 42.8 Å². The van der Waals surface area contributed by atoms with Crippen molar-refractivity contribution in [3.63, 3.8) is 0 Å². The summed E-state index contributed by atoms with van der Waals surface area (Å²) in [4.78, 5) is 39.5. The Morgan fingerprint density at radius 3 is 2.41 bits per heavy atom. The van der Waals surface area contributed by atoms with Gasteiger partial charge in [-0.15, -0.1) is 0 Å². The van der Waals surface area contributed by atoms with Gasteiger partial charge in [-0.2, -0.15) is 0 Å². The molecule has 3 atom stereocenters. The molecule has 3 aliphatic heterocycles. The van der Waals surface area contributed by atoms with E-state index in [0.29, 0.717) is 0 Å². The van der Waals surface area contributed by atoms with Crippen LogP contribution in [0.25, 0.3) is 0 Å². The van der Waals surface area contributed by atoms with Crippen molar-refractivity contribution in [3.8, 4) is 11.5 Å². The highest BCUT2D eigenvalue weighted by Gasteiger charge is 2.63. The normalized spacial score (nSPS) is 30.3. The molecule has 1 aromatic rings. The van der Waals surface area contributed by atoms with Gasteiger partial charge >= 0.3 is 6.09 Å². The van der Waals surface area contributed by atoms with Crippen molar-refractivity contribution in [2.24, 2.45) is 0 Å². The molecular weight excluding hydrogens is 386 g/mol. The fourth-order valence-electron chi connectivity index (χ4n) is 3.74. The maximum absolute atomic E-state index is 13.1. The zero-order valence-corrected chi connectivity index (χ0v) is 16.4. The summed E-state index contributed by atoms with van der Waals surface area (Å²) in [6.07, 6.45) is -2.57. The Bertz CT molecular complexity index is 860. The largest absolute Gasteiger partial charge is 0.496 e. The topological polar surface area (TPSA) is 110 Å². The molecule has 0 aromatic heterocycles. The monoisotopic (exact) mass is 407 g/mol. The molecule has 0 radical (unpaired) electrons. The molecule has 3 aliphatic rings. The number of methoxy groups -OCH3 is 2. The van der Waals surface area contributed by atoms with Gasteiger partial charge in [0.05, 0.1) is 20.8 Å². The van der Waals surface area contributed by atoms with Crippen LogP contribution in [0.4, 0.5) is 4.79 Å². The van der Waals surface area contributed by atoms with Crippen LogP contribution in [0.2, 0.25) is 0 Å². The average Bonchev–Trinajstić information content (AvgIpc) is 3.20. The van der Waals surface area contributed by atoms with Crippen LogP contribution in [0.1, 0.15) is 24.2 Å². The van der Waals surface area contributed by atoms with E-state index in [1.54, 1.807) is 32.0 Å². The third-order valence-corrected chi connectivity index (χ3v) is 5.02. The summed E-state index contributed by atoms with van der Waals surface area (Å²) in [6.45, 7) is 2.91. The Morgan fingerprint density at radius 2 is 1.79 bits per heavy atom. The quantitative estimate of drug-likeness (QED) is 0.728. The summed E-state index contributed by atoms with van der Waals surface area (Å²) >= 11 is 0. The van der Waals surface area contributed by atoms with E-state index < -0.39 is 48.1 Å². The molecule has 10 heteroatoms. The van der Waals surface area contributed by atoms with Crippen molar-refractivity contribution >= 4 is 17.8 Å². The second kappa shape index (κ2) is 6.68. The Labute approximate surface area is 166 Å². The molecule has 1 spiro atoms. The molecule has 10 nitrogen and oxygen atoms in total. The number of ketones is 1. The van der Waals surface area contributed by atoms with Crippen molar-refractivity contribution in [3.05, 3.63) is 23.8 Å². The first-order chi connectivity index (χ1) is 13.7. The van der Waals surface area contributed by atoms with Crippen LogP contribution in [0, 0.1) is 0 Å². The number of nitrogens with zero attached hydrogens (tertiary/aromatic N) is 1. The van der Waals surface area contributed by atoms with Gasteiger partial charge in [-0.25, -0.2) is 9.69 Å². The number of rotatable bonds is 3. The first-order valence-electron chi connectivity index (χ1n) is 9.01. The van der Waals surface area contributed by atoms with Gasteiger partial charge in [-0.05, 0) is 26.0 Å². The van der Waals surface area contributed by atoms with Crippen LogP contribution >= 0.6 is 0 Å². The number of imide groups is 1. The van der Waals surface area contributed by atoms with Gasteiger partial charge in [0.25, 0.3) is 11.7 Å². The number of hydrogen-bond acceptors (Lipinski definition) is 9. The zero-order chi connectivity index (χ0) is 21.0. The number of amides is 2. The summed E-state index contributed by atoms with van der Waals surface area (Å²) < 4.78 is 32.6. The van der Waals surface area contributed by atoms with E-state index in [9.17, 15) is 14.4 Å². The summed E-state index contributed by atoms with van der Waals surface area (Å²) in [6, 6.07) is 4.77. The molecule has 0 bridgehead atoms. The van der Waals surface area contributed by atoms with Crippen molar-refractivity contribution in [2.75, 3.05) is 27.4 Å². The second-order valence-corrected chi connectivity index (χ2v) is 7.32. The lowest BCUT2D eigenvalue weighted by molar-refractivity contribution is -0.219. The highest BCUT2D eigenvalue weighted by atomic mass is 16.8. The molecule has 3 saturated heterocycles. The minimum absolute atomic E-state index is 0.0207. The molecule has 3 heterocycles. The van der Waals surface area contributed by atoms with E-state index in [1.807, 2.05) is 0 Å². The standard InChI is InChI=1S/C19H21NO9/c1-18(2)27-12-8-26-19(15(21)14(12)28-18)9-20(17(23)29-19)16(22)13-10(24-3)6-5-7-11(13)25-4/h5-7,12,14H,8-9H2,1-4H3/t12-,14?,19+/m1/s1. The predicted octanol–water partition coefficient (Wildman–Crippen LogP) is 1.11. The van der Waals surface area contributed by atoms with Crippen LogP contribution in [-0.4, -0.2) is 73.8 Å². The molecule has 0 N–H and O–H groups in total. The van der Waals surface area contributed by atoms with E-state index in [2.05, 4.69) is 0 Å². The molecule has 3 fully saturated rings. The first kappa shape index (κ1) is 19.6. The van der Waals surface area contributed by atoms with E-state index in [1.165, 1.54) is 14.2 Å². The van der Waals surface area contributed by atoms with Gasteiger partial charge in [-0.1, -0.05) is 6.07 Å². The van der Waals surface area contributed by atoms with Crippen molar-refractivity contribution in [1.29, 1.82) is 0 Å². The lowest BCUT2D eigenvalue weighted by Crippen LogP contribution is -2.59. The molecule has 29 heavy (non-hydrogen) atoms. The second-order valence-electron chi connectivity index (χ2n) is 7.32. The van der Waals surface area contributed by atoms with Crippen molar-refractivity contribution in [2.45, 2.75) is 37.6 Å². The van der Waals surface area contributed by atoms with Gasteiger partial charge in [0, 0.05) is 0 Å². The first-order valence-corrected chi connectivity index (χ1v) is 9.01. The van der Waals surface area contributed by atoms with Crippen molar-refractivity contribution in [1.82, 2.24) is 4.90 Å². The predicted molar refractivity (Wildman–Crippen MR) is 94.6 cm³/mol. The molecule has 4 rings (SSSR count). The van der Waals surface area contributed by atoms with E-state index in [4.69, 9.17) is 28.4 Å². The van der Waals surface area contributed by atoms with Crippen LogP contribution in [0.3, 0.4) is 0 Å². The van der Waals surface area contributed by atoms with Gasteiger partial charge in [0.2, 0.25) is 5.78 Å². The molecule has 0 saturated carbocycles. The van der Waals surface area contributed by atoms with E-state index in [-0.39, 0.29) is 23.7 Å². The fourth-order valence-corrected chi connectivity index (χ4v) is 3.74. The van der Waals surface area contributed by atoms with Gasteiger partial charge < -0.3 is 28.4 Å². The number of benzene rings is 1. The Morgan fingerprint density at radius 1 is 1.14 bits per heavy atom. The van der Waals surface area contributed by atoms with Crippen LogP contribution in [0.15, 0.2) is 18.2 Å². The maximum atomic E-state index is 13.1. The number of Topliss-reactive ketones (excluding diaryl/α,β-unsaturated/α-hetero) is 1. The molecule has 1 unspecified atom stereocenters. The van der Waals surface area contributed by atoms with E-state index >= 15 is 0 Å². The van der Waals surface area contributed by atoms with Crippen LogP contribution in [-0.2, 0) is 23.7 Å². The average molecular weight is 407 g/mol. The molecule has 1 aromatic carbocycles. The number of carbonyl (C=O) groups is 3. The molecule has 2 amide bonds. The van der Waals surface area contributed by atoms with Gasteiger partial charge in [0.1, 0.15) is 29.7 Å². The summed E-state index contributed by atoms with van der Waals surface area (Å²) in [5.41, 5.74) is 0.0363. The Kier molecular flexibility index (Phi) is 4.52. The minimum Gasteiger partial charge on any atom is -0.496 e. The highest BCUT2D eigenvalue weighted by Crippen LogP contribution is 2.40. The fraction of sp³-hybridized carbons (Fsp3) is 0.526. The number of carbonyl (C=O) groups excluding carboxylic acids is 3. The van der Waals surface area contributed by atoms with Gasteiger partial charge in [-0.3, -0.25) is 9.59 Å². The van der Waals surface area contributed by atoms with Gasteiger partial charge in [0.15, 0.2) is 11.9 Å². The lowest BCUT2D eigenvalue weighted by atomic mass is 9.98. The summed E-state index contributed by atoms with van der Waals surface area (Å²) in [5.74, 6) is -3.81. The smallest absolute Gasteiger partial charge is 0.420 e. The number of hydrogen-bond donors (Lipinski definition) is 0. The lowest BCUT2D eigenvalue weighted by Gasteiger charge is -2.34. The van der Waals surface area contributed by atoms with Crippen LogP contribution in [0.5, 0.6) is 11.5 Å². The third kappa shape index (κ3) is 3.04. The Balaban J connectivity index is 1.62. The highest BCUT2D eigenvalue weighted by molar-refractivity contribution is 6.09. The summed E-state index contributed by atoms with van der Waals surface area (Å²) in [5, 5.41) is 0. The maximum Gasteiger partial charge on any atom is 0.420 e. The molecule has 156 valence electrons. The number of fused-ring (bicyclic) bond motifs is 1. The minimum atomic E-state index is -1.94. The zero-order valence-electron chi connectivity index (χ0n) is 16.4. The Hall–Kier alpha value is -2.69.